The summed E-state index contributed by atoms with van der Waals surface area (Å²) in [5.74, 6) is -1.59. The minimum absolute atomic E-state index is 0. The molecular formula is C29H24F2N4O2. The number of nitrogens with two attached hydrogens (primary N) is 1. The summed E-state index contributed by atoms with van der Waals surface area (Å²) in [7, 11) is 0. The number of benzene rings is 3. The maximum absolute atomic E-state index is 14.4. The molecule has 3 heterocycles. The summed E-state index contributed by atoms with van der Waals surface area (Å²) in [6.45, 7) is 0.299. The fourth-order valence-corrected chi connectivity index (χ4v) is 4.82. The van der Waals surface area contributed by atoms with E-state index < -0.39 is 17.7 Å². The monoisotopic (exact) mass is 498 g/mol. The molecule has 0 saturated carbocycles. The molecule has 3 aromatic carbocycles. The first-order valence-corrected chi connectivity index (χ1v) is 11.3. The molecule has 1 aromatic heterocycles. The lowest BCUT2D eigenvalue weighted by Crippen LogP contribution is -2.24. The van der Waals surface area contributed by atoms with Gasteiger partial charge in [0.25, 0.3) is 5.91 Å². The Bertz CT molecular complexity index is 1550. The van der Waals surface area contributed by atoms with Crippen molar-refractivity contribution in [3.05, 3.63) is 124 Å². The number of ether oxygens (including phenoxy) is 1. The number of nitrogen functional groups attached to an aromatic ring is 1. The van der Waals surface area contributed by atoms with E-state index in [-0.39, 0.29) is 31.0 Å². The van der Waals surface area contributed by atoms with Crippen molar-refractivity contribution in [3.63, 3.8) is 0 Å². The van der Waals surface area contributed by atoms with E-state index in [9.17, 15) is 13.6 Å². The molecule has 0 aliphatic carbocycles. The van der Waals surface area contributed by atoms with Crippen LogP contribution in [-0.2, 0) is 11.3 Å². The molecule has 4 N–H and O–H groups in total. The zero-order valence-corrected chi connectivity index (χ0v) is 18.9. The highest BCUT2D eigenvalue weighted by molar-refractivity contribution is 5.95. The quantitative estimate of drug-likeness (QED) is 0.253. The van der Waals surface area contributed by atoms with E-state index in [4.69, 9.17) is 15.9 Å². The Balaban J connectivity index is 0.00000280. The molecule has 0 fully saturated rings. The van der Waals surface area contributed by atoms with E-state index in [2.05, 4.69) is 10.3 Å². The van der Waals surface area contributed by atoms with Crippen LogP contribution in [-0.4, -0.2) is 16.7 Å². The molecule has 186 valence electrons. The summed E-state index contributed by atoms with van der Waals surface area (Å²) in [4.78, 5) is 17.2. The molecule has 2 aliphatic heterocycles. The maximum Gasteiger partial charge on any atom is 0.270 e. The van der Waals surface area contributed by atoms with Gasteiger partial charge in [-0.15, -0.1) is 0 Å². The minimum atomic E-state index is -0.626. The van der Waals surface area contributed by atoms with Gasteiger partial charge in [0, 0.05) is 35.5 Å². The van der Waals surface area contributed by atoms with Crippen LogP contribution in [0.15, 0.2) is 72.9 Å². The van der Waals surface area contributed by atoms with Crippen molar-refractivity contribution in [2.45, 2.75) is 26.2 Å². The molecule has 2 aliphatic rings. The first-order chi connectivity index (χ1) is 17.4. The lowest BCUT2D eigenvalue weighted by atomic mass is 9.85. The third kappa shape index (κ3) is 4.15. The van der Waals surface area contributed by atoms with E-state index in [0.717, 1.165) is 33.9 Å². The molecule has 4 aromatic rings. The molecule has 0 spiro atoms. The van der Waals surface area contributed by atoms with Gasteiger partial charge in [-0.1, -0.05) is 43.8 Å². The van der Waals surface area contributed by atoms with Gasteiger partial charge < -0.3 is 15.8 Å². The highest BCUT2D eigenvalue weighted by Crippen LogP contribution is 2.54. The van der Waals surface area contributed by atoms with Crippen molar-refractivity contribution in [1.29, 1.82) is 5.41 Å². The van der Waals surface area contributed by atoms with Crippen LogP contribution in [0.2, 0.25) is 0 Å². The normalized spacial score (nSPS) is 16.5. The minimum Gasteiger partial charge on any atom is -0.384 e. The number of carbonyl (C=O) groups excluding carboxylic acids is 1. The Morgan fingerprint density at radius 2 is 1.68 bits per heavy atom. The van der Waals surface area contributed by atoms with E-state index >= 15 is 0 Å². The number of halogens is 2. The predicted molar refractivity (Wildman–Crippen MR) is 136 cm³/mol. The zero-order chi connectivity index (χ0) is 25.0. The molecule has 2 bridgehead atoms. The number of amidine groups is 1. The number of rotatable bonds is 5. The standard InChI is InChI=1S/C28H20F2N4O2.CH4/c29-17-6-8-18(23(30)10-17)16-5-7-19-20(9-16)26-21-11-24(33-13-22(21)25(19)36-26)28(35)34-12-14-1-3-15(4-2-14)27(31)32;/h1-11,13,25-26H,12H2,(H3,31,32)(H,34,35);1H4. The number of pyridine rings is 1. The van der Waals surface area contributed by atoms with Crippen LogP contribution in [0.3, 0.4) is 0 Å². The lowest BCUT2D eigenvalue weighted by molar-refractivity contribution is 0.0857. The van der Waals surface area contributed by atoms with Crippen LogP contribution in [0.1, 0.15) is 63.5 Å². The van der Waals surface area contributed by atoms with Crippen LogP contribution in [0.25, 0.3) is 11.1 Å². The largest absolute Gasteiger partial charge is 0.384 e. The molecule has 2 unspecified atom stereocenters. The number of fused-ring (bicyclic) bond motifs is 8. The topological polar surface area (TPSA) is 101 Å². The van der Waals surface area contributed by atoms with Gasteiger partial charge in [-0.3, -0.25) is 15.2 Å². The van der Waals surface area contributed by atoms with E-state index in [1.807, 2.05) is 12.1 Å². The lowest BCUT2D eigenvalue weighted by Gasteiger charge is -2.17. The van der Waals surface area contributed by atoms with Crippen LogP contribution in [0.4, 0.5) is 8.78 Å². The van der Waals surface area contributed by atoms with Gasteiger partial charge in [0.2, 0.25) is 0 Å². The molecule has 37 heavy (non-hydrogen) atoms. The Labute approximate surface area is 212 Å². The van der Waals surface area contributed by atoms with Crippen molar-refractivity contribution in [3.8, 4) is 11.1 Å². The van der Waals surface area contributed by atoms with E-state index in [1.54, 1.807) is 42.6 Å². The molecule has 1 amide bonds. The highest BCUT2D eigenvalue weighted by atomic mass is 19.1. The second-order valence-corrected chi connectivity index (χ2v) is 8.86. The number of aromatic nitrogens is 1. The molecule has 0 saturated heterocycles. The van der Waals surface area contributed by atoms with Gasteiger partial charge in [0.1, 0.15) is 35.4 Å². The first kappa shape index (κ1) is 24.3. The van der Waals surface area contributed by atoms with Gasteiger partial charge >= 0.3 is 0 Å². The van der Waals surface area contributed by atoms with Gasteiger partial charge in [-0.2, -0.15) is 0 Å². The fourth-order valence-electron chi connectivity index (χ4n) is 4.82. The second kappa shape index (κ2) is 9.22. The Morgan fingerprint density at radius 3 is 2.41 bits per heavy atom. The molecule has 6 rings (SSSR count). The van der Waals surface area contributed by atoms with Crippen molar-refractivity contribution in [1.82, 2.24) is 10.3 Å². The summed E-state index contributed by atoms with van der Waals surface area (Å²) in [5, 5.41) is 10.3. The smallest absolute Gasteiger partial charge is 0.270 e. The summed E-state index contributed by atoms with van der Waals surface area (Å²) < 4.78 is 33.9. The van der Waals surface area contributed by atoms with Crippen molar-refractivity contribution >= 4 is 11.7 Å². The summed E-state index contributed by atoms with van der Waals surface area (Å²) in [6, 6.07) is 17.9. The number of hydrogen-bond donors (Lipinski definition) is 3. The Morgan fingerprint density at radius 1 is 0.946 bits per heavy atom. The average Bonchev–Trinajstić information content (AvgIpc) is 3.44. The van der Waals surface area contributed by atoms with Crippen LogP contribution in [0.5, 0.6) is 0 Å². The Kier molecular flexibility index (Phi) is 6.05. The predicted octanol–water partition coefficient (Wildman–Crippen LogP) is 5.40. The summed E-state index contributed by atoms with van der Waals surface area (Å²) in [5.41, 5.74) is 11.8. The SMILES string of the molecule is C.N=C(N)c1ccc(CNC(=O)c2cc3c(cn2)C2OC3c3cc(-c4ccc(F)cc4F)ccc32)cc1. The van der Waals surface area contributed by atoms with Crippen molar-refractivity contribution < 1.29 is 18.3 Å². The van der Waals surface area contributed by atoms with Gasteiger partial charge in [-0.25, -0.2) is 8.78 Å². The van der Waals surface area contributed by atoms with Gasteiger partial charge in [0.05, 0.1) is 0 Å². The molecular weight excluding hydrogens is 474 g/mol. The summed E-state index contributed by atoms with van der Waals surface area (Å²) >= 11 is 0. The first-order valence-electron chi connectivity index (χ1n) is 11.3. The van der Waals surface area contributed by atoms with Gasteiger partial charge in [-0.05, 0) is 52.1 Å². The number of nitrogens with zero attached hydrogens (tertiary/aromatic N) is 1. The van der Waals surface area contributed by atoms with E-state index in [0.29, 0.717) is 23.2 Å². The van der Waals surface area contributed by atoms with Crippen LogP contribution < -0.4 is 11.1 Å². The fraction of sp³-hybridized carbons (Fsp3) is 0.138. The van der Waals surface area contributed by atoms with Crippen LogP contribution >= 0.6 is 0 Å². The van der Waals surface area contributed by atoms with Crippen LogP contribution in [0, 0.1) is 17.0 Å². The van der Waals surface area contributed by atoms with Crippen molar-refractivity contribution in [2.24, 2.45) is 5.73 Å². The molecule has 0 radical (unpaired) electrons. The van der Waals surface area contributed by atoms with Crippen molar-refractivity contribution in [2.75, 3.05) is 0 Å². The highest BCUT2D eigenvalue weighted by Gasteiger charge is 2.43. The van der Waals surface area contributed by atoms with Gasteiger partial charge in [0.15, 0.2) is 0 Å². The molecule has 6 nitrogen and oxygen atoms in total. The zero-order valence-electron chi connectivity index (χ0n) is 18.9. The average molecular weight is 499 g/mol. The third-order valence-electron chi connectivity index (χ3n) is 6.65. The third-order valence-corrected chi connectivity index (χ3v) is 6.65. The summed E-state index contributed by atoms with van der Waals surface area (Å²) in [6.07, 6.45) is 0.987. The number of nitrogens with one attached hydrogen (secondary N) is 2. The number of amides is 1. The second-order valence-electron chi connectivity index (χ2n) is 8.86. The molecule has 8 heteroatoms. The number of hydrogen-bond acceptors (Lipinski definition) is 4. The Hall–Kier alpha value is -4.43. The maximum atomic E-state index is 14.4. The molecule has 2 atom stereocenters. The van der Waals surface area contributed by atoms with E-state index in [1.165, 1.54) is 12.1 Å². The number of carbonyl (C=O) groups is 1.